The molecule has 4 heterocycles. The van der Waals surface area contributed by atoms with Gasteiger partial charge in [0.15, 0.2) is 5.75 Å². The molecule has 6 aliphatic rings. The molecule has 314 valence electrons. The number of hydrogen-bond acceptors (Lipinski definition) is 10. The van der Waals surface area contributed by atoms with E-state index in [0.29, 0.717) is 56.2 Å². The summed E-state index contributed by atoms with van der Waals surface area (Å²) in [6.07, 6.45) is 8.21. The van der Waals surface area contributed by atoms with Crippen LogP contribution in [0.15, 0.2) is 30.4 Å². The minimum absolute atomic E-state index is 0.0969. The quantitative estimate of drug-likeness (QED) is 0.328. The van der Waals surface area contributed by atoms with E-state index in [1.807, 2.05) is 6.08 Å². The molecule has 5 atom stereocenters. The van der Waals surface area contributed by atoms with Crippen molar-refractivity contribution < 1.29 is 50.6 Å². The number of alkyl halides is 2. The highest BCUT2D eigenvalue weighted by Gasteiger charge is 2.65. The highest BCUT2D eigenvalue weighted by atomic mass is 32.2. The van der Waals surface area contributed by atoms with Crippen LogP contribution in [0.5, 0.6) is 11.5 Å². The summed E-state index contributed by atoms with van der Waals surface area (Å²) < 4.78 is 78.7. The molecule has 17 heteroatoms. The van der Waals surface area contributed by atoms with Crippen molar-refractivity contribution in [2.45, 2.75) is 144 Å². The van der Waals surface area contributed by atoms with Crippen molar-refractivity contribution >= 4 is 44.7 Å². The van der Waals surface area contributed by atoms with Crippen LogP contribution in [0.4, 0.5) is 13.6 Å². The molecule has 0 radical (unpaired) electrons. The lowest BCUT2D eigenvalue weighted by Crippen LogP contribution is -2.58. The van der Waals surface area contributed by atoms with Crippen LogP contribution in [0.3, 0.4) is 0 Å². The average Bonchev–Trinajstić information content (AvgIpc) is 3.96. The van der Waals surface area contributed by atoms with Gasteiger partial charge < -0.3 is 29.7 Å². The van der Waals surface area contributed by atoms with Crippen molar-refractivity contribution in [3.8, 4) is 11.5 Å². The van der Waals surface area contributed by atoms with Crippen LogP contribution >= 0.6 is 0 Å². The van der Waals surface area contributed by atoms with Crippen LogP contribution in [0, 0.1) is 12.8 Å². The number of allylic oxidation sites excluding steroid dienone is 1. The number of benzene rings is 1. The number of alkyl carbamates (subject to hydrolysis) is 1. The van der Waals surface area contributed by atoms with Crippen LogP contribution in [0.25, 0.3) is 10.9 Å². The number of nitrogens with one attached hydrogen (secondary N) is 3. The van der Waals surface area contributed by atoms with Crippen LogP contribution < -0.4 is 24.8 Å². The fraction of sp³-hybridized carbons (Fsp3) is 0.634. The molecule has 3 saturated carbocycles. The zero-order valence-electron chi connectivity index (χ0n) is 33.0. The first-order chi connectivity index (χ1) is 27.5. The Bertz CT molecular complexity index is 2170. The molecule has 14 nitrogen and oxygen atoms in total. The van der Waals surface area contributed by atoms with Gasteiger partial charge in [0.25, 0.3) is 11.8 Å². The predicted molar refractivity (Wildman–Crippen MR) is 207 cm³/mol. The Labute approximate surface area is 336 Å². The molecule has 1 aromatic carbocycles. The van der Waals surface area contributed by atoms with Gasteiger partial charge >= 0.3 is 6.09 Å². The number of carbonyl (C=O) groups excluding carboxylic acids is 4. The van der Waals surface area contributed by atoms with Crippen molar-refractivity contribution in [3.05, 3.63) is 41.6 Å². The predicted octanol–water partition coefficient (Wildman–Crippen LogP) is 5.20. The minimum Gasteiger partial charge on any atom is -0.497 e. The lowest BCUT2D eigenvalue weighted by molar-refractivity contribution is -0.141. The first kappa shape index (κ1) is 40.2. The molecule has 3 aliphatic heterocycles. The van der Waals surface area contributed by atoms with Crippen molar-refractivity contribution in [1.82, 2.24) is 25.2 Å². The number of sulfonamides is 1. The van der Waals surface area contributed by atoms with Crippen molar-refractivity contribution in [3.63, 3.8) is 0 Å². The first-order valence-electron chi connectivity index (χ1n) is 20.4. The fourth-order valence-corrected chi connectivity index (χ4v) is 10.5. The molecule has 1 saturated heterocycles. The van der Waals surface area contributed by atoms with Gasteiger partial charge in [0.05, 0.1) is 41.6 Å². The summed E-state index contributed by atoms with van der Waals surface area (Å²) in [6, 6.07) is 2.09. The maximum absolute atomic E-state index is 16.8. The van der Waals surface area contributed by atoms with E-state index >= 15 is 8.78 Å². The number of amides is 4. The van der Waals surface area contributed by atoms with Gasteiger partial charge in [-0.2, -0.15) is 0 Å². The Morgan fingerprint density at radius 1 is 1.05 bits per heavy atom. The standard InChI is InChI=1S/C41H51F2N5O9S/c1-24-33-32(28-19-27(55-3)15-16-29(28)44-24)41(42,43)22-39(57-33)21-31-34(49)46-40(36(51)47-58(53,54)38(2)17-18-38)20-25(40)11-7-5-4-6-8-14-30(35(50)48(31)23-39)45-37(52)56-26-12-9-10-13-26/h7,11,15-16,19,25-26,30-31H,4-6,8-10,12-14,17-18,20-23H2,1-3H3,(H,45,52)(H,46,49)(H,47,51). The second kappa shape index (κ2) is 14.6. The van der Waals surface area contributed by atoms with Gasteiger partial charge in [0.1, 0.15) is 35.1 Å². The summed E-state index contributed by atoms with van der Waals surface area (Å²) in [5.74, 6) is -6.30. The molecule has 3 aliphatic carbocycles. The fourth-order valence-electron chi connectivity index (χ4n) is 9.23. The van der Waals surface area contributed by atoms with E-state index in [1.54, 1.807) is 32.1 Å². The van der Waals surface area contributed by atoms with Crippen molar-refractivity contribution in [1.29, 1.82) is 0 Å². The lowest BCUT2D eigenvalue weighted by atomic mass is 9.84. The number of hydrogen-bond donors (Lipinski definition) is 3. The monoisotopic (exact) mass is 827 g/mol. The third kappa shape index (κ3) is 7.36. The van der Waals surface area contributed by atoms with E-state index in [-0.39, 0.29) is 47.8 Å². The highest BCUT2D eigenvalue weighted by molar-refractivity contribution is 7.91. The average molecular weight is 828 g/mol. The molecule has 5 unspecified atom stereocenters. The van der Waals surface area contributed by atoms with E-state index in [2.05, 4.69) is 20.3 Å². The molecule has 0 bridgehead atoms. The Hall–Kier alpha value is -4.54. The molecule has 58 heavy (non-hydrogen) atoms. The molecule has 1 spiro atoms. The van der Waals surface area contributed by atoms with Gasteiger partial charge in [0.2, 0.25) is 21.8 Å². The summed E-state index contributed by atoms with van der Waals surface area (Å²) in [5, 5.41) is 5.66. The molecule has 2 aromatic rings. The third-order valence-electron chi connectivity index (χ3n) is 13.0. The van der Waals surface area contributed by atoms with Crippen molar-refractivity contribution in [2.75, 3.05) is 13.7 Å². The van der Waals surface area contributed by atoms with Gasteiger partial charge in [-0.05, 0) is 96.3 Å². The molecular weight excluding hydrogens is 777 g/mol. The van der Waals surface area contributed by atoms with Gasteiger partial charge in [0, 0.05) is 17.7 Å². The topological polar surface area (TPSA) is 182 Å². The lowest BCUT2D eigenvalue weighted by Gasteiger charge is -2.40. The van der Waals surface area contributed by atoms with Gasteiger partial charge in [-0.1, -0.05) is 25.0 Å². The smallest absolute Gasteiger partial charge is 0.408 e. The number of methoxy groups -OCH3 is 1. The molecule has 8 rings (SSSR count). The number of carbonyl (C=O) groups is 4. The summed E-state index contributed by atoms with van der Waals surface area (Å²) >= 11 is 0. The second-order valence-corrected chi connectivity index (χ2v) is 19.6. The summed E-state index contributed by atoms with van der Waals surface area (Å²) in [6.45, 7) is 2.65. The largest absolute Gasteiger partial charge is 0.497 e. The van der Waals surface area contributed by atoms with E-state index in [1.165, 1.54) is 18.1 Å². The first-order valence-corrected chi connectivity index (χ1v) is 21.9. The van der Waals surface area contributed by atoms with Crippen LogP contribution in [-0.2, 0) is 35.1 Å². The zero-order chi connectivity index (χ0) is 41.3. The zero-order valence-corrected chi connectivity index (χ0v) is 33.9. The Morgan fingerprint density at radius 3 is 2.52 bits per heavy atom. The summed E-state index contributed by atoms with van der Waals surface area (Å²) in [4.78, 5) is 62.3. The summed E-state index contributed by atoms with van der Waals surface area (Å²) in [5.41, 5.74) is -3.33. The van der Waals surface area contributed by atoms with E-state index < -0.39 is 86.6 Å². The number of pyridine rings is 1. The van der Waals surface area contributed by atoms with Gasteiger partial charge in [-0.3, -0.25) is 19.1 Å². The highest BCUT2D eigenvalue weighted by Crippen LogP contribution is 2.55. The van der Waals surface area contributed by atoms with Crippen LogP contribution in [0.2, 0.25) is 0 Å². The van der Waals surface area contributed by atoms with E-state index in [0.717, 1.165) is 19.3 Å². The summed E-state index contributed by atoms with van der Waals surface area (Å²) in [7, 11) is -2.65. The molecule has 3 N–H and O–H groups in total. The number of halogens is 2. The van der Waals surface area contributed by atoms with E-state index in [4.69, 9.17) is 14.2 Å². The maximum atomic E-state index is 16.8. The number of aromatic nitrogens is 1. The number of rotatable bonds is 6. The van der Waals surface area contributed by atoms with E-state index in [9.17, 15) is 27.6 Å². The minimum atomic E-state index is -4.08. The third-order valence-corrected chi connectivity index (χ3v) is 15.2. The molecular formula is C41H51F2N5O9S. The SMILES string of the molecule is COc1ccc2nc(C)c3c(c2c1)C(F)(F)CC1(CC2C(=O)NC4(C(=O)NS(=O)(=O)C5(C)CC5)CC4C=CCCCCCC(NC(=O)OC4CCCC4)C(=O)N2C1)O3. The Balaban J connectivity index is 1.16. The maximum Gasteiger partial charge on any atom is 0.408 e. The molecule has 1 aromatic heterocycles. The Morgan fingerprint density at radius 2 is 1.79 bits per heavy atom. The van der Waals surface area contributed by atoms with Gasteiger partial charge in [-0.15, -0.1) is 0 Å². The molecule has 4 amide bonds. The molecule has 4 fully saturated rings. The normalized spacial score (nSPS) is 30.5. The number of ether oxygens (including phenoxy) is 3. The van der Waals surface area contributed by atoms with Gasteiger partial charge in [-0.25, -0.2) is 27.0 Å². The number of aryl methyl sites for hydroxylation is 1. The number of fused-ring (bicyclic) bond motifs is 5. The van der Waals surface area contributed by atoms with Crippen molar-refractivity contribution in [2.24, 2.45) is 5.92 Å². The number of nitrogens with zero attached hydrogens (tertiary/aromatic N) is 2. The Kier molecular flexibility index (Phi) is 10.1. The van der Waals surface area contributed by atoms with Crippen LogP contribution in [0.1, 0.15) is 108 Å². The second-order valence-electron chi connectivity index (χ2n) is 17.4. The van der Waals surface area contributed by atoms with Crippen LogP contribution in [-0.4, -0.2) is 89.8 Å².